The molecule has 0 amide bonds. The number of nitrogens with one attached hydrogen (secondary N) is 1. The minimum absolute atomic E-state index is 0.336. The standard InChI is InChI=1S/C20H34N6/c1-15-11-13-18(24-20(2,3)23-15)26-17(22-19(21)25(26)4)14-12-16-9-7-5-6-8-10-16/h13,16,21,24H,5-12,14H2,1-4H3/p+1. The molecule has 2 heterocycles. The van der Waals surface area contributed by atoms with E-state index in [0.29, 0.717) is 5.95 Å². The van der Waals surface area contributed by atoms with Gasteiger partial charge in [0.05, 0.1) is 7.05 Å². The van der Waals surface area contributed by atoms with E-state index in [-0.39, 0.29) is 5.66 Å². The van der Waals surface area contributed by atoms with Gasteiger partial charge in [0, 0.05) is 18.6 Å². The zero-order valence-corrected chi connectivity index (χ0v) is 16.9. The molecule has 3 N–H and O–H groups in total. The lowest BCUT2D eigenvalue weighted by molar-refractivity contribution is -0.731. The van der Waals surface area contributed by atoms with Crippen LogP contribution in [0.5, 0.6) is 0 Å². The lowest BCUT2D eigenvalue weighted by Gasteiger charge is -2.24. The molecule has 1 aromatic heterocycles. The Morgan fingerprint density at radius 1 is 1.27 bits per heavy atom. The number of hydrogen-bond acceptors (Lipinski definition) is 4. The molecule has 6 nitrogen and oxygen atoms in total. The molecule has 1 fully saturated rings. The van der Waals surface area contributed by atoms with Crippen LogP contribution in [0, 0.1) is 5.92 Å². The molecule has 1 aliphatic carbocycles. The number of nitrogens with zero attached hydrogens (tertiary/aromatic N) is 4. The highest BCUT2D eigenvalue weighted by Crippen LogP contribution is 2.27. The number of aryl methyl sites for hydroxylation is 1. The molecule has 6 heteroatoms. The highest BCUT2D eigenvalue weighted by atomic mass is 15.5. The number of nitrogen functional groups attached to an aromatic ring is 1. The first-order valence-corrected chi connectivity index (χ1v) is 10.1. The Morgan fingerprint density at radius 2 is 1.96 bits per heavy atom. The van der Waals surface area contributed by atoms with E-state index < -0.39 is 0 Å². The lowest BCUT2D eigenvalue weighted by atomic mass is 9.95. The van der Waals surface area contributed by atoms with E-state index in [2.05, 4.69) is 41.8 Å². The van der Waals surface area contributed by atoms with Crippen molar-refractivity contribution in [3.05, 3.63) is 11.9 Å². The Bertz CT molecular complexity index is 689. The number of aliphatic imine (C=N–C) groups is 1. The van der Waals surface area contributed by atoms with E-state index in [4.69, 9.17) is 10.7 Å². The average Bonchev–Trinajstić information content (AvgIpc) is 2.77. The number of hydrogen-bond donors (Lipinski definition) is 2. The van der Waals surface area contributed by atoms with Gasteiger partial charge >= 0.3 is 5.95 Å². The van der Waals surface area contributed by atoms with Crippen LogP contribution in [0.2, 0.25) is 0 Å². The van der Waals surface area contributed by atoms with Gasteiger partial charge in [0.2, 0.25) is 5.82 Å². The summed E-state index contributed by atoms with van der Waals surface area (Å²) in [5, 5.41) is 3.56. The second-order valence-electron chi connectivity index (χ2n) is 8.44. The highest BCUT2D eigenvalue weighted by molar-refractivity contribution is 5.85. The van der Waals surface area contributed by atoms with Crippen molar-refractivity contribution in [3.8, 4) is 0 Å². The van der Waals surface area contributed by atoms with Crippen LogP contribution in [0.4, 0.5) is 5.95 Å². The second kappa shape index (κ2) is 7.80. The van der Waals surface area contributed by atoms with E-state index in [1.807, 2.05) is 11.7 Å². The van der Waals surface area contributed by atoms with E-state index in [1.165, 1.54) is 44.9 Å². The Kier molecular flexibility index (Phi) is 5.68. The van der Waals surface area contributed by atoms with Gasteiger partial charge in [-0.1, -0.05) is 43.5 Å². The van der Waals surface area contributed by atoms with Crippen LogP contribution in [-0.4, -0.2) is 21.0 Å². The van der Waals surface area contributed by atoms with Gasteiger partial charge in [0.15, 0.2) is 0 Å². The number of allylic oxidation sites excluding steroid dienone is 1. The predicted octanol–water partition coefficient (Wildman–Crippen LogP) is 3.18. The Balaban J connectivity index is 1.81. The largest absolute Gasteiger partial charge is 0.409 e. The molecule has 0 saturated heterocycles. The molecule has 1 saturated carbocycles. The molecular formula is C20H35N6+. The molecule has 0 unspecified atom stereocenters. The number of anilines is 1. The lowest BCUT2D eigenvalue weighted by Crippen LogP contribution is -2.47. The highest BCUT2D eigenvalue weighted by Gasteiger charge is 2.27. The zero-order valence-electron chi connectivity index (χ0n) is 16.9. The van der Waals surface area contributed by atoms with Gasteiger partial charge in [0.25, 0.3) is 0 Å². The average molecular weight is 360 g/mol. The number of nitrogens with two attached hydrogens (primary N) is 1. The monoisotopic (exact) mass is 359 g/mol. The van der Waals surface area contributed by atoms with Crippen molar-refractivity contribution < 1.29 is 4.68 Å². The molecule has 0 radical (unpaired) electrons. The Morgan fingerprint density at radius 3 is 2.65 bits per heavy atom. The first kappa shape index (κ1) is 18.9. The topological polar surface area (TPSA) is 72.1 Å². The van der Waals surface area contributed by atoms with Crippen LogP contribution in [0.3, 0.4) is 0 Å². The van der Waals surface area contributed by atoms with Crippen molar-refractivity contribution in [3.63, 3.8) is 0 Å². The van der Waals surface area contributed by atoms with Gasteiger partial charge in [-0.25, -0.2) is 0 Å². The molecular weight excluding hydrogens is 324 g/mol. The van der Waals surface area contributed by atoms with Crippen molar-refractivity contribution in [1.29, 1.82) is 0 Å². The SMILES string of the molecule is CC1=NC(C)(C)NC(n2c(CCC3CCCCCC3)nc(N)[n+]2C)=CC1. The fraction of sp³-hybridized carbons (Fsp3) is 0.750. The van der Waals surface area contributed by atoms with Crippen molar-refractivity contribution in [2.24, 2.45) is 18.0 Å². The molecule has 1 aromatic rings. The minimum Gasteiger partial charge on any atom is -0.346 e. The third-order valence-electron chi connectivity index (χ3n) is 5.59. The van der Waals surface area contributed by atoms with E-state index >= 15 is 0 Å². The summed E-state index contributed by atoms with van der Waals surface area (Å²) in [5.74, 6) is 3.46. The first-order valence-electron chi connectivity index (χ1n) is 10.1. The predicted molar refractivity (Wildman–Crippen MR) is 107 cm³/mol. The molecule has 1 aliphatic heterocycles. The molecule has 3 rings (SSSR count). The summed E-state index contributed by atoms with van der Waals surface area (Å²) in [6.07, 6.45) is 13.5. The maximum Gasteiger partial charge on any atom is 0.409 e. The Hall–Kier alpha value is -1.85. The van der Waals surface area contributed by atoms with Gasteiger partial charge in [-0.05, 0) is 39.2 Å². The van der Waals surface area contributed by atoms with Crippen LogP contribution in [0.25, 0.3) is 5.82 Å². The number of rotatable bonds is 4. The summed E-state index contributed by atoms with van der Waals surface area (Å²) in [5.41, 5.74) is 6.96. The van der Waals surface area contributed by atoms with Crippen LogP contribution in [0.15, 0.2) is 11.1 Å². The van der Waals surface area contributed by atoms with E-state index in [1.54, 1.807) is 0 Å². The van der Waals surface area contributed by atoms with Crippen molar-refractivity contribution in [1.82, 2.24) is 15.0 Å². The van der Waals surface area contributed by atoms with Crippen molar-refractivity contribution >= 4 is 17.5 Å². The van der Waals surface area contributed by atoms with Crippen molar-refractivity contribution in [2.45, 2.75) is 84.2 Å². The fourth-order valence-corrected chi connectivity index (χ4v) is 4.27. The van der Waals surface area contributed by atoms with Crippen LogP contribution < -0.4 is 15.7 Å². The molecule has 0 atom stereocenters. The third kappa shape index (κ3) is 4.46. The van der Waals surface area contributed by atoms with Crippen LogP contribution in [-0.2, 0) is 13.5 Å². The molecule has 26 heavy (non-hydrogen) atoms. The Labute approximate surface area is 157 Å². The zero-order chi connectivity index (χ0) is 18.7. The molecule has 0 bridgehead atoms. The van der Waals surface area contributed by atoms with Gasteiger partial charge in [0.1, 0.15) is 11.5 Å². The third-order valence-corrected chi connectivity index (χ3v) is 5.59. The smallest absolute Gasteiger partial charge is 0.346 e. The normalized spacial score (nSPS) is 21.4. The second-order valence-corrected chi connectivity index (χ2v) is 8.44. The summed E-state index contributed by atoms with van der Waals surface area (Å²) in [4.78, 5) is 9.44. The van der Waals surface area contributed by atoms with E-state index in [9.17, 15) is 0 Å². The van der Waals surface area contributed by atoms with Gasteiger partial charge < -0.3 is 5.32 Å². The summed E-state index contributed by atoms with van der Waals surface area (Å²) in [6.45, 7) is 6.28. The molecule has 0 spiro atoms. The number of aromatic nitrogens is 3. The molecule has 2 aliphatic rings. The molecule has 0 aromatic carbocycles. The van der Waals surface area contributed by atoms with Crippen LogP contribution >= 0.6 is 0 Å². The van der Waals surface area contributed by atoms with Gasteiger partial charge in [-0.2, -0.15) is 9.36 Å². The summed E-state index contributed by atoms with van der Waals surface area (Å²) >= 11 is 0. The van der Waals surface area contributed by atoms with Gasteiger partial charge in [-0.3, -0.25) is 10.7 Å². The fourth-order valence-electron chi connectivity index (χ4n) is 4.27. The van der Waals surface area contributed by atoms with Crippen molar-refractivity contribution in [2.75, 3.05) is 5.73 Å². The quantitative estimate of drug-likeness (QED) is 0.640. The summed E-state index contributed by atoms with van der Waals surface area (Å²) < 4.78 is 4.08. The minimum atomic E-state index is -0.336. The summed E-state index contributed by atoms with van der Waals surface area (Å²) in [6, 6.07) is 0. The summed E-state index contributed by atoms with van der Waals surface area (Å²) in [7, 11) is 1.98. The van der Waals surface area contributed by atoms with Gasteiger partial charge in [-0.15, -0.1) is 0 Å². The maximum atomic E-state index is 6.16. The van der Waals surface area contributed by atoms with Crippen LogP contribution in [0.1, 0.15) is 78.0 Å². The van der Waals surface area contributed by atoms with E-state index in [0.717, 1.165) is 36.1 Å². The maximum absolute atomic E-state index is 6.16. The molecule has 144 valence electrons. The first-order chi connectivity index (χ1) is 12.4.